The number of amides is 1. The van der Waals surface area contributed by atoms with E-state index in [1.165, 1.54) is 14.0 Å². The first-order valence-corrected chi connectivity index (χ1v) is 2.57. The van der Waals surface area contributed by atoms with Crippen molar-refractivity contribution in [2.24, 2.45) is 0 Å². The summed E-state index contributed by atoms with van der Waals surface area (Å²) in [7, 11) is 1.39. The third kappa shape index (κ3) is 18.0. The summed E-state index contributed by atoms with van der Waals surface area (Å²) in [6.07, 6.45) is 0. The van der Waals surface area contributed by atoms with Crippen LogP contribution in [0, 0.1) is 0 Å². The van der Waals surface area contributed by atoms with Crippen molar-refractivity contribution >= 4 is 5.91 Å². The molecule has 0 fully saturated rings. The Balaban J connectivity index is 0. The number of carbonyl (C=O) groups excluding carboxylic acids is 1. The van der Waals surface area contributed by atoms with Gasteiger partial charge in [-0.05, 0) is 0 Å². The molecule has 0 spiro atoms. The number of nitrogens with one attached hydrogen (secondary N) is 1. The van der Waals surface area contributed by atoms with Crippen molar-refractivity contribution in [1.82, 2.24) is 5.48 Å². The molecule has 0 aliphatic carbocycles. The Bertz CT molecular complexity index is 54.4. The zero-order valence-electron chi connectivity index (χ0n) is 5.82. The molecule has 0 bridgehead atoms. The average Bonchev–Trinajstić information content (AvgIpc) is 1.72. The molecule has 0 unspecified atom stereocenters. The molecule has 3 nitrogen and oxygen atoms in total. The van der Waals surface area contributed by atoms with Crippen LogP contribution in [-0.2, 0) is 9.63 Å². The van der Waals surface area contributed by atoms with Gasteiger partial charge in [-0.25, -0.2) is 5.48 Å². The summed E-state index contributed by atoms with van der Waals surface area (Å²) in [5.74, 6) is -0.183. The van der Waals surface area contributed by atoms with Crippen molar-refractivity contribution in [3.63, 3.8) is 0 Å². The molecule has 1 N–H and O–H groups in total. The van der Waals surface area contributed by atoms with E-state index >= 15 is 0 Å². The van der Waals surface area contributed by atoms with E-state index in [1.54, 1.807) is 0 Å². The van der Waals surface area contributed by atoms with Crippen molar-refractivity contribution in [3.8, 4) is 0 Å². The van der Waals surface area contributed by atoms with Gasteiger partial charge in [0.25, 0.3) is 0 Å². The lowest BCUT2D eigenvalue weighted by molar-refractivity contribution is -0.128. The van der Waals surface area contributed by atoms with Gasteiger partial charge in [-0.2, -0.15) is 0 Å². The highest BCUT2D eigenvalue weighted by molar-refractivity contribution is 5.71. The van der Waals surface area contributed by atoms with E-state index in [2.05, 4.69) is 10.3 Å². The Labute approximate surface area is 50.0 Å². The molecule has 3 heteroatoms. The number of rotatable bonds is 1. The van der Waals surface area contributed by atoms with Crippen LogP contribution in [-0.4, -0.2) is 13.0 Å². The quantitative estimate of drug-likeness (QED) is 0.516. The summed E-state index contributed by atoms with van der Waals surface area (Å²) >= 11 is 0. The van der Waals surface area contributed by atoms with E-state index in [0.29, 0.717) is 0 Å². The summed E-state index contributed by atoms with van der Waals surface area (Å²) < 4.78 is 0. The van der Waals surface area contributed by atoms with Gasteiger partial charge in [0, 0.05) is 6.92 Å². The van der Waals surface area contributed by atoms with Crippen molar-refractivity contribution in [2.75, 3.05) is 7.11 Å². The Kier molecular flexibility index (Phi) is 12.6. The molecule has 0 aliphatic heterocycles. The van der Waals surface area contributed by atoms with Gasteiger partial charge in [-0.1, -0.05) is 13.8 Å². The molecule has 0 aromatic carbocycles. The minimum absolute atomic E-state index is 0.183. The fourth-order valence-electron chi connectivity index (χ4n) is 0.144. The monoisotopic (exact) mass is 119 g/mol. The van der Waals surface area contributed by atoms with Crippen LogP contribution >= 0.6 is 0 Å². The lowest BCUT2D eigenvalue weighted by atomic mass is 10.8. The van der Waals surface area contributed by atoms with Gasteiger partial charge >= 0.3 is 0 Å². The molecule has 0 aromatic rings. The summed E-state index contributed by atoms with van der Waals surface area (Å²) in [6.45, 7) is 5.38. The molecular formula is C5H13NO2. The van der Waals surface area contributed by atoms with Crippen LogP contribution in [0.2, 0.25) is 0 Å². The lowest BCUT2D eigenvalue weighted by Crippen LogP contribution is -2.17. The SMILES string of the molecule is CC.CONC(C)=O. The predicted molar refractivity (Wildman–Crippen MR) is 32.2 cm³/mol. The molecule has 8 heavy (non-hydrogen) atoms. The normalized spacial score (nSPS) is 6.50. The van der Waals surface area contributed by atoms with Gasteiger partial charge in [0.15, 0.2) is 0 Å². The zero-order chi connectivity index (χ0) is 6.99. The van der Waals surface area contributed by atoms with Gasteiger partial charge in [-0.3, -0.25) is 9.63 Å². The summed E-state index contributed by atoms with van der Waals surface area (Å²) in [6, 6.07) is 0. The maximum absolute atomic E-state index is 9.81. The molecule has 0 saturated heterocycles. The molecule has 0 aliphatic rings. The van der Waals surface area contributed by atoms with Gasteiger partial charge < -0.3 is 0 Å². The highest BCUT2D eigenvalue weighted by atomic mass is 16.6. The van der Waals surface area contributed by atoms with Gasteiger partial charge in [-0.15, -0.1) is 0 Å². The minimum Gasteiger partial charge on any atom is -0.277 e. The fraction of sp³-hybridized carbons (Fsp3) is 0.800. The molecule has 0 radical (unpaired) electrons. The largest absolute Gasteiger partial charge is 0.277 e. The number of hydrogen-bond donors (Lipinski definition) is 1. The van der Waals surface area contributed by atoms with Crippen LogP contribution in [0.5, 0.6) is 0 Å². The minimum atomic E-state index is -0.183. The predicted octanol–water partition coefficient (Wildman–Crippen LogP) is 0.710. The molecular weight excluding hydrogens is 106 g/mol. The first kappa shape index (κ1) is 10.4. The first-order chi connectivity index (χ1) is 3.77. The standard InChI is InChI=1S/C3H7NO2.C2H6/c1-3(5)4-6-2;1-2/h1-2H3,(H,4,5);1-2H3. The Hall–Kier alpha value is -0.570. The van der Waals surface area contributed by atoms with Crippen LogP contribution in [0.3, 0.4) is 0 Å². The Morgan fingerprint density at radius 1 is 1.50 bits per heavy atom. The van der Waals surface area contributed by atoms with Crippen molar-refractivity contribution in [3.05, 3.63) is 0 Å². The first-order valence-electron chi connectivity index (χ1n) is 2.57. The Morgan fingerprint density at radius 2 is 1.88 bits per heavy atom. The average molecular weight is 119 g/mol. The molecule has 0 rings (SSSR count). The smallest absolute Gasteiger partial charge is 0.240 e. The molecule has 0 saturated carbocycles. The molecule has 0 heterocycles. The van der Waals surface area contributed by atoms with Crippen molar-refractivity contribution in [1.29, 1.82) is 0 Å². The van der Waals surface area contributed by atoms with Crippen LogP contribution < -0.4 is 5.48 Å². The highest BCUT2D eigenvalue weighted by Crippen LogP contribution is 1.53. The third-order valence-corrected chi connectivity index (χ3v) is 0.246. The van der Waals surface area contributed by atoms with E-state index < -0.39 is 0 Å². The van der Waals surface area contributed by atoms with E-state index in [1.807, 2.05) is 13.8 Å². The maximum atomic E-state index is 9.81. The Morgan fingerprint density at radius 3 is 1.88 bits per heavy atom. The van der Waals surface area contributed by atoms with Crippen molar-refractivity contribution < 1.29 is 9.63 Å². The number of hydroxylamine groups is 1. The van der Waals surface area contributed by atoms with Gasteiger partial charge in [0.05, 0.1) is 7.11 Å². The molecule has 50 valence electrons. The van der Waals surface area contributed by atoms with Crippen LogP contribution in [0.1, 0.15) is 20.8 Å². The van der Waals surface area contributed by atoms with Crippen LogP contribution in [0.15, 0.2) is 0 Å². The second kappa shape index (κ2) is 9.66. The van der Waals surface area contributed by atoms with Crippen LogP contribution in [0.4, 0.5) is 0 Å². The topological polar surface area (TPSA) is 38.3 Å². The summed E-state index contributed by atoms with van der Waals surface area (Å²) in [5.41, 5.74) is 2.07. The number of hydrogen-bond acceptors (Lipinski definition) is 2. The lowest BCUT2D eigenvalue weighted by Gasteiger charge is -1.90. The second-order valence-electron chi connectivity index (χ2n) is 0.862. The fourth-order valence-corrected chi connectivity index (χ4v) is 0.144. The van der Waals surface area contributed by atoms with E-state index in [0.717, 1.165) is 0 Å². The molecule has 0 atom stereocenters. The second-order valence-corrected chi connectivity index (χ2v) is 0.862. The summed E-state index contributed by atoms with van der Waals surface area (Å²) in [4.78, 5) is 14.0. The summed E-state index contributed by atoms with van der Waals surface area (Å²) in [5, 5.41) is 0. The van der Waals surface area contributed by atoms with E-state index in [4.69, 9.17) is 0 Å². The maximum Gasteiger partial charge on any atom is 0.240 e. The molecule has 0 aromatic heterocycles. The molecule has 1 amide bonds. The van der Waals surface area contributed by atoms with Gasteiger partial charge in [0.1, 0.15) is 0 Å². The van der Waals surface area contributed by atoms with E-state index in [-0.39, 0.29) is 5.91 Å². The van der Waals surface area contributed by atoms with E-state index in [9.17, 15) is 4.79 Å². The zero-order valence-corrected chi connectivity index (χ0v) is 5.82. The third-order valence-electron chi connectivity index (χ3n) is 0.246. The number of carbonyl (C=O) groups is 1. The highest BCUT2D eigenvalue weighted by Gasteiger charge is 1.79. The van der Waals surface area contributed by atoms with Crippen LogP contribution in [0.25, 0.3) is 0 Å². The van der Waals surface area contributed by atoms with Crippen molar-refractivity contribution in [2.45, 2.75) is 20.8 Å². The van der Waals surface area contributed by atoms with Gasteiger partial charge in [0.2, 0.25) is 5.91 Å².